The summed E-state index contributed by atoms with van der Waals surface area (Å²) < 4.78 is 13.1. The van der Waals surface area contributed by atoms with Crippen molar-refractivity contribution in [1.82, 2.24) is 4.98 Å². The Morgan fingerprint density at radius 1 is 1.10 bits per heavy atom. The van der Waals surface area contributed by atoms with Crippen LogP contribution in [0.5, 0.6) is 0 Å². The van der Waals surface area contributed by atoms with Gasteiger partial charge < -0.3 is 10.4 Å². The zero-order valence-electron chi connectivity index (χ0n) is 10.9. The summed E-state index contributed by atoms with van der Waals surface area (Å²) in [4.78, 5) is 15.5. The molecule has 0 aliphatic rings. The number of hydrogen-bond acceptors (Lipinski definition) is 3. The number of carboxylic acids is 1. The van der Waals surface area contributed by atoms with Crippen molar-refractivity contribution in [1.29, 1.82) is 0 Å². The first-order valence-electron chi connectivity index (χ1n) is 6.29. The van der Waals surface area contributed by atoms with E-state index in [2.05, 4.69) is 10.3 Å². The molecule has 104 valence electrons. The van der Waals surface area contributed by atoms with Gasteiger partial charge in [-0.05, 0) is 36.4 Å². The number of hydrogen-bond donors (Lipinski definition) is 2. The number of pyridine rings is 1. The van der Waals surface area contributed by atoms with Gasteiger partial charge in [0.15, 0.2) is 0 Å². The van der Waals surface area contributed by atoms with Crippen LogP contribution in [-0.2, 0) is 0 Å². The number of aromatic carboxylic acids is 1. The number of benzene rings is 2. The van der Waals surface area contributed by atoms with E-state index in [1.165, 1.54) is 12.1 Å². The third-order valence-electron chi connectivity index (χ3n) is 3.07. The lowest BCUT2D eigenvalue weighted by Crippen LogP contribution is -2.04. The molecule has 2 N–H and O–H groups in total. The molecule has 4 nitrogen and oxygen atoms in total. The Morgan fingerprint density at radius 2 is 1.90 bits per heavy atom. The molecule has 0 saturated carbocycles. The third kappa shape index (κ3) is 2.67. The van der Waals surface area contributed by atoms with Crippen molar-refractivity contribution in [3.8, 4) is 0 Å². The predicted octanol–water partition coefficient (Wildman–Crippen LogP) is 3.82. The van der Waals surface area contributed by atoms with Gasteiger partial charge >= 0.3 is 5.97 Å². The van der Waals surface area contributed by atoms with Crippen molar-refractivity contribution in [2.75, 3.05) is 5.32 Å². The first-order valence-corrected chi connectivity index (χ1v) is 6.29. The monoisotopic (exact) mass is 282 g/mol. The first-order chi connectivity index (χ1) is 10.1. The number of rotatable bonds is 3. The molecule has 5 heteroatoms. The predicted molar refractivity (Wildman–Crippen MR) is 78.4 cm³/mol. The summed E-state index contributed by atoms with van der Waals surface area (Å²) in [6.07, 6.45) is 0. The zero-order chi connectivity index (χ0) is 14.8. The fraction of sp³-hybridized carbons (Fsp3) is 0. The third-order valence-corrected chi connectivity index (χ3v) is 3.07. The number of para-hydroxylation sites is 1. The van der Waals surface area contributed by atoms with E-state index >= 15 is 0 Å². The van der Waals surface area contributed by atoms with Gasteiger partial charge in [0.05, 0.1) is 16.8 Å². The quantitative estimate of drug-likeness (QED) is 0.766. The molecule has 0 spiro atoms. The number of nitrogens with one attached hydrogen (secondary N) is 1. The molecule has 21 heavy (non-hydrogen) atoms. The fourth-order valence-corrected chi connectivity index (χ4v) is 2.08. The Hall–Kier alpha value is -2.95. The van der Waals surface area contributed by atoms with Crippen LogP contribution in [0.25, 0.3) is 10.9 Å². The lowest BCUT2D eigenvalue weighted by atomic mass is 10.1. The maximum absolute atomic E-state index is 13.1. The van der Waals surface area contributed by atoms with E-state index in [1.54, 1.807) is 6.07 Å². The topological polar surface area (TPSA) is 62.2 Å². The largest absolute Gasteiger partial charge is 0.478 e. The summed E-state index contributed by atoms with van der Waals surface area (Å²) in [6, 6.07) is 14.8. The minimum atomic E-state index is -1.20. The molecule has 3 rings (SSSR count). The molecule has 0 unspecified atom stereocenters. The molecule has 0 radical (unpaired) electrons. The van der Waals surface area contributed by atoms with Gasteiger partial charge in [-0.2, -0.15) is 0 Å². The highest BCUT2D eigenvalue weighted by molar-refractivity contribution is 5.95. The second-order valence-corrected chi connectivity index (χ2v) is 4.51. The molecule has 1 aromatic heterocycles. The fourth-order valence-electron chi connectivity index (χ4n) is 2.08. The number of nitrogens with zero attached hydrogens (tertiary/aromatic N) is 1. The molecule has 0 bridgehead atoms. The molecule has 1 heterocycles. The summed E-state index contributed by atoms with van der Waals surface area (Å²) in [6.45, 7) is 0. The van der Waals surface area contributed by atoms with Crippen molar-refractivity contribution >= 4 is 28.4 Å². The van der Waals surface area contributed by atoms with Crippen LogP contribution in [0.2, 0.25) is 0 Å². The number of halogens is 1. The van der Waals surface area contributed by atoms with E-state index in [0.29, 0.717) is 11.5 Å². The second kappa shape index (κ2) is 5.20. The first kappa shape index (κ1) is 13.1. The molecule has 0 aliphatic heterocycles. The van der Waals surface area contributed by atoms with E-state index < -0.39 is 11.8 Å². The lowest BCUT2D eigenvalue weighted by molar-refractivity contribution is 0.0697. The van der Waals surface area contributed by atoms with Gasteiger partial charge in [0.2, 0.25) is 0 Å². The van der Waals surface area contributed by atoms with E-state index in [-0.39, 0.29) is 5.56 Å². The average Bonchev–Trinajstić information content (AvgIpc) is 2.49. The summed E-state index contributed by atoms with van der Waals surface area (Å²) in [5.41, 5.74) is 0.957. The molecule has 0 aliphatic carbocycles. The van der Waals surface area contributed by atoms with E-state index in [4.69, 9.17) is 5.11 Å². The van der Waals surface area contributed by atoms with Crippen molar-refractivity contribution in [2.24, 2.45) is 0 Å². The number of carbonyl (C=O) groups is 1. The Balaban J connectivity index is 2.00. The molecule has 2 aromatic carbocycles. The van der Waals surface area contributed by atoms with Crippen LogP contribution in [0, 0.1) is 5.82 Å². The van der Waals surface area contributed by atoms with Crippen molar-refractivity contribution in [3.63, 3.8) is 0 Å². The Bertz CT molecular complexity index is 833. The molecule has 0 amide bonds. The Labute approximate surface area is 119 Å². The molecular formula is C16H11FN2O2. The standard InChI is InChI=1S/C16H11FN2O2/c17-11-6-7-14(12(9-11)16(20)21)19-15-8-5-10-3-1-2-4-13(10)18-15/h1-9H,(H,18,19)(H,20,21). The van der Waals surface area contributed by atoms with E-state index in [9.17, 15) is 9.18 Å². The van der Waals surface area contributed by atoms with Gasteiger partial charge in [-0.25, -0.2) is 14.2 Å². The van der Waals surface area contributed by atoms with Crippen molar-refractivity contribution in [2.45, 2.75) is 0 Å². The summed E-state index contributed by atoms with van der Waals surface area (Å²) in [5.74, 6) is -1.29. The molecule has 0 fully saturated rings. The van der Waals surface area contributed by atoms with Crippen LogP contribution >= 0.6 is 0 Å². The highest BCUT2D eigenvalue weighted by Crippen LogP contribution is 2.22. The van der Waals surface area contributed by atoms with Gasteiger partial charge in [-0.3, -0.25) is 0 Å². The molecule has 0 atom stereocenters. The summed E-state index contributed by atoms with van der Waals surface area (Å²) in [7, 11) is 0. The Morgan fingerprint density at radius 3 is 2.71 bits per heavy atom. The van der Waals surface area contributed by atoms with Crippen LogP contribution in [-0.4, -0.2) is 16.1 Å². The Kier molecular flexibility index (Phi) is 3.23. The number of anilines is 2. The average molecular weight is 282 g/mol. The smallest absolute Gasteiger partial charge is 0.337 e. The SMILES string of the molecule is O=C(O)c1cc(F)ccc1Nc1ccc2ccccc2n1. The number of carboxylic acid groups (broad SMARTS) is 1. The van der Waals surface area contributed by atoms with E-state index in [1.807, 2.05) is 30.3 Å². The highest BCUT2D eigenvalue weighted by Gasteiger charge is 2.12. The van der Waals surface area contributed by atoms with Gasteiger partial charge in [0.1, 0.15) is 11.6 Å². The minimum Gasteiger partial charge on any atom is -0.478 e. The molecule has 0 saturated heterocycles. The second-order valence-electron chi connectivity index (χ2n) is 4.51. The van der Waals surface area contributed by atoms with Crippen molar-refractivity contribution < 1.29 is 14.3 Å². The van der Waals surface area contributed by atoms with Crippen LogP contribution < -0.4 is 5.32 Å². The summed E-state index contributed by atoms with van der Waals surface area (Å²) in [5, 5.41) is 13.0. The normalized spacial score (nSPS) is 10.5. The zero-order valence-corrected chi connectivity index (χ0v) is 10.9. The number of aromatic nitrogens is 1. The summed E-state index contributed by atoms with van der Waals surface area (Å²) >= 11 is 0. The van der Waals surface area contributed by atoms with E-state index in [0.717, 1.165) is 17.0 Å². The maximum atomic E-state index is 13.1. The maximum Gasteiger partial charge on any atom is 0.337 e. The van der Waals surface area contributed by atoms with Crippen LogP contribution in [0.15, 0.2) is 54.6 Å². The van der Waals surface area contributed by atoms with Crippen LogP contribution in [0.3, 0.4) is 0 Å². The minimum absolute atomic E-state index is 0.134. The van der Waals surface area contributed by atoms with Gasteiger partial charge in [0, 0.05) is 5.39 Å². The van der Waals surface area contributed by atoms with Crippen molar-refractivity contribution in [3.05, 3.63) is 66.0 Å². The van der Waals surface area contributed by atoms with Crippen LogP contribution in [0.1, 0.15) is 10.4 Å². The van der Waals surface area contributed by atoms with Crippen LogP contribution in [0.4, 0.5) is 15.9 Å². The van der Waals surface area contributed by atoms with Gasteiger partial charge in [0.25, 0.3) is 0 Å². The highest BCUT2D eigenvalue weighted by atomic mass is 19.1. The lowest BCUT2D eigenvalue weighted by Gasteiger charge is -2.09. The molecule has 3 aromatic rings. The number of fused-ring (bicyclic) bond motifs is 1. The molecular weight excluding hydrogens is 271 g/mol. The van der Waals surface area contributed by atoms with Gasteiger partial charge in [-0.1, -0.05) is 18.2 Å². The van der Waals surface area contributed by atoms with Gasteiger partial charge in [-0.15, -0.1) is 0 Å².